The summed E-state index contributed by atoms with van der Waals surface area (Å²) in [6.07, 6.45) is 0.0814. The lowest BCUT2D eigenvalue weighted by Gasteiger charge is -2.38. The molecule has 0 saturated carbocycles. The molecule has 1 heterocycles. The van der Waals surface area contributed by atoms with Crippen LogP contribution in [0.2, 0.25) is 0 Å². The van der Waals surface area contributed by atoms with E-state index in [-0.39, 0.29) is 17.8 Å². The van der Waals surface area contributed by atoms with Crippen molar-refractivity contribution in [1.29, 1.82) is 5.26 Å². The Morgan fingerprint density at radius 2 is 2.26 bits per heavy atom. The molecule has 1 aromatic rings. The maximum Gasteiger partial charge on any atom is 0.270 e. The number of ether oxygens (including phenoxy) is 1. The van der Waals surface area contributed by atoms with Crippen molar-refractivity contribution < 1.29 is 9.66 Å². The normalized spacial score (nSPS) is 22.9. The number of hydrogen-bond acceptors (Lipinski definition) is 5. The van der Waals surface area contributed by atoms with Crippen LogP contribution in [0.4, 0.5) is 11.4 Å². The fourth-order valence-electron chi connectivity index (χ4n) is 2.22. The lowest BCUT2D eigenvalue weighted by Crippen LogP contribution is -2.47. The summed E-state index contributed by atoms with van der Waals surface area (Å²) in [4.78, 5) is 12.3. The van der Waals surface area contributed by atoms with Gasteiger partial charge in [0.15, 0.2) is 0 Å². The molecule has 2 rings (SSSR count). The molecule has 19 heavy (non-hydrogen) atoms. The quantitative estimate of drug-likeness (QED) is 0.601. The first kappa shape index (κ1) is 13.3. The average molecular weight is 261 g/mol. The van der Waals surface area contributed by atoms with Crippen LogP contribution < -0.4 is 4.90 Å². The predicted octanol–water partition coefficient (Wildman–Crippen LogP) is 2.08. The Morgan fingerprint density at radius 1 is 1.53 bits per heavy atom. The molecule has 100 valence electrons. The lowest BCUT2D eigenvalue weighted by atomic mass is 10.1. The van der Waals surface area contributed by atoms with Gasteiger partial charge in [-0.05, 0) is 19.9 Å². The van der Waals surface area contributed by atoms with Gasteiger partial charge >= 0.3 is 0 Å². The molecule has 2 unspecified atom stereocenters. The van der Waals surface area contributed by atoms with E-state index < -0.39 is 4.92 Å². The molecule has 0 aliphatic carbocycles. The van der Waals surface area contributed by atoms with Crippen molar-refractivity contribution in [3.8, 4) is 6.07 Å². The van der Waals surface area contributed by atoms with Gasteiger partial charge in [0, 0.05) is 24.7 Å². The van der Waals surface area contributed by atoms with Crippen LogP contribution in [-0.2, 0) is 4.74 Å². The van der Waals surface area contributed by atoms with Crippen molar-refractivity contribution in [2.75, 3.05) is 18.1 Å². The highest BCUT2D eigenvalue weighted by Crippen LogP contribution is 2.28. The SMILES string of the molecule is CC1CN(c2ccc([N+](=O)[O-])cc2C#N)C(C)CO1. The molecule has 0 spiro atoms. The second-order valence-corrected chi connectivity index (χ2v) is 4.72. The maximum absolute atomic E-state index is 10.7. The number of morpholine rings is 1. The van der Waals surface area contributed by atoms with Crippen LogP contribution in [0.15, 0.2) is 18.2 Å². The summed E-state index contributed by atoms with van der Waals surface area (Å²) in [7, 11) is 0. The van der Waals surface area contributed by atoms with Crippen LogP contribution >= 0.6 is 0 Å². The summed E-state index contributed by atoms with van der Waals surface area (Å²) >= 11 is 0. The third-order valence-corrected chi connectivity index (χ3v) is 3.23. The van der Waals surface area contributed by atoms with Gasteiger partial charge in [0.25, 0.3) is 5.69 Å². The van der Waals surface area contributed by atoms with Crippen molar-refractivity contribution >= 4 is 11.4 Å². The molecular weight excluding hydrogens is 246 g/mol. The second kappa shape index (κ2) is 5.24. The summed E-state index contributed by atoms with van der Waals surface area (Å²) in [5.74, 6) is 0. The van der Waals surface area contributed by atoms with Crippen LogP contribution in [0.5, 0.6) is 0 Å². The Kier molecular flexibility index (Phi) is 3.67. The maximum atomic E-state index is 10.7. The minimum absolute atomic E-state index is 0.0609. The van der Waals surface area contributed by atoms with Gasteiger partial charge in [0.05, 0.1) is 28.9 Å². The van der Waals surface area contributed by atoms with Gasteiger partial charge in [-0.25, -0.2) is 0 Å². The number of rotatable bonds is 2. The smallest absolute Gasteiger partial charge is 0.270 e. The Balaban J connectivity index is 2.39. The van der Waals surface area contributed by atoms with Crippen LogP contribution in [0.1, 0.15) is 19.4 Å². The molecule has 2 atom stereocenters. The fraction of sp³-hybridized carbons (Fsp3) is 0.462. The molecule has 6 nitrogen and oxygen atoms in total. The van der Waals surface area contributed by atoms with E-state index in [0.29, 0.717) is 18.7 Å². The number of nitro benzene ring substituents is 1. The van der Waals surface area contributed by atoms with E-state index in [4.69, 9.17) is 4.74 Å². The van der Waals surface area contributed by atoms with Crippen molar-refractivity contribution in [2.45, 2.75) is 26.0 Å². The molecule has 0 aromatic heterocycles. The largest absolute Gasteiger partial charge is 0.375 e. The molecule has 6 heteroatoms. The Hall–Kier alpha value is -2.13. The minimum atomic E-state index is -0.490. The van der Waals surface area contributed by atoms with Gasteiger partial charge in [-0.15, -0.1) is 0 Å². The van der Waals surface area contributed by atoms with Gasteiger partial charge in [-0.1, -0.05) is 0 Å². The van der Waals surface area contributed by atoms with E-state index in [2.05, 4.69) is 4.90 Å². The first-order valence-corrected chi connectivity index (χ1v) is 6.09. The number of anilines is 1. The summed E-state index contributed by atoms with van der Waals surface area (Å²) in [6.45, 7) is 5.24. The summed E-state index contributed by atoms with van der Waals surface area (Å²) in [6, 6.07) is 6.58. The molecule has 1 fully saturated rings. The van der Waals surface area contributed by atoms with Gasteiger partial charge < -0.3 is 9.64 Å². The summed E-state index contributed by atoms with van der Waals surface area (Å²) in [5, 5.41) is 19.9. The molecule has 0 bridgehead atoms. The van der Waals surface area contributed by atoms with Gasteiger partial charge in [0.1, 0.15) is 6.07 Å². The van der Waals surface area contributed by atoms with E-state index in [0.717, 1.165) is 5.69 Å². The number of nitro groups is 1. The third-order valence-electron chi connectivity index (χ3n) is 3.23. The summed E-state index contributed by atoms with van der Waals surface area (Å²) in [5.41, 5.74) is 1.00. The van der Waals surface area contributed by atoms with Crippen molar-refractivity contribution in [1.82, 2.24) is 0 Å². The van der Waals surface area contributed by atoms with Crippen LogP contribution in [0.3, 0.4) is 0 Å². The number of hydrogen-bond donors (Lipinski definition) is 0. The van der Waals surface area contributed by atoms with Crippen molar-refractivity contribution in [3.05, 3.63) is 33.9 Å². The van der Waals surface area contributed by atoms with Crippen LogP contribution in [0.25, 0.3) is 0 Å². The molecule has 1 aliphatic rings. The monoisotopic (exact) mass is 261 g/mol. The van der Waals surface area contributed by atoms with Crippen LogP contribution in [-0.4, -0.2) is 30.2 Å². The molecule has 1 aliphatic heterocycles. The Morgan fingerprint density at radius 3 is 2.89 bits per heavy atom. The first-order chi connectivity index (χ1) is 9.02. The first-order valence-electron chi connectivity index (χ1n) is 6.09. The zero-order valence-electron chi connectivity index (χ0n) is 10.9. The molecule has 1 aromatic carbocycles. The zero-order valence-corrected chi connectivity index (χ0v) is 10.9. The number of benzene rings is 1. The van der Waals surface area contributed by atoms with Crippen LogP contribution in [0, 0.1) is 21.4 Å². The second-order valence-electron chi connectivity index (χ2n) is 4.72. The number of nitrogens with zero attached hydrogens (tertiary/aromatic N) is 3. The third kappa shape index (κ3) is 2.66. The topological polar surface area (TPSA) is 79.4 Å². The zero-order chi connectivity index (χ0) is 14.0. The Labute approximate surface area is 111 Å². The molecular formula is C13H15N3O3. The highest BCUT2D eigenvalue weighted by atomic mass is 16.6. The Bertz CT molecular complexity index is 538. The van der Waals surface area contributed by atoms with Gasteiger partial charge in [0.2, 0.25) is 0 Å². The van der Waals surface area contributed by atoms with Gasteiger partial charge in [-0.2, -0.15) is 5.26 Å². The van der Waals surface area contributed by atoms with E-state index in [9.17, 15) is 15.4 Å². The number of non-ortho nitro benzene ring substituents is 1. The minimum Gasteiger partial charge on any atom is -0.375 e. The van der Waals surface area contributed by atoms with E-state index >= 15 is 0 Å². The van der Waals surface area contributed by atoms with Crippen molar-refractivity contribution in [3.63, 3.8) is 0 Å². The summed E-state index contributed by atoms with van der Waals surface area (Å²) < 4.78 is 5.54. The van der Waals surface area contributed by atoms with E-state index in [1.165, 1.54) is 12.1 Å². The highest BCUT2D eigenvalue weighted by Gasteiger charge is 2.26. The number of nitriles is 1. The van der Waals surface area contributed by atoms with E-state index in [1.807, 2.05) is 19.9 Å². The highest BCUT2D eigenvalue weighted by molar-refractivity contribution is 5.63. The average Bonchev–Trinajstić information content (AvgIpc) is 2.40. The predicted molar refractivity (Wildman–Crippen MR) is 70.0 cm³/mol. The van der Waals surface area contributed by atoms with Crippen molar-refractivity contribution in [2.24, 2.45) is 0 Å². The lowest BCUT2D eigenvalue weighted by molar-refractivity contribution is -0.384. The standard InChI is InChI=1S/C13H15N3O3/c1-9-8-19-10(2)7-15(9)13-4-3-12(16(17)18)5-11(13)6-14/h3-5,9-10H,7-8H2,1-2H3. The van der Waals surface area contributed by atoms with E-state index in [1.54, 1.807) is 6.07 Å². The molecule has 0 amide bonds. The molecule has 0 radical (unpaired) electrons. The van der Waals surface area contributed by atoms with Gasteiger partial charge in [-0.3, -0.25) is 10.1 Å². The fourth-order valence-corrected chi connectivity index (χ4v) is 2.22. The molecule has 0 N–H and O–H groups in total. The molecule has 1 saturated heterocycles.